The zero-order valence-electron chi connectivity index (χ0n) is 9.99. The van der Waals surface area contributed by atoms with Gasteiger partial charge in [0, 0.05) is 16.2 Å². The van der Waals surface area contributed by atoms with Crippen molar-refractivity contribution in [1.29, 1.82) is 0 Å². The number of nitrogens with one attached hydrogen (secondary N) is 2. The number of hydrogen-bond acceptors (Lipinski definition) is 4. The van der Waals surface area contributed by atoms with E-state index in [4.69, 9.17) is 0 Å². The van der Waals surface area contributed by atoms with E-state index < -0.39 is 0 Å². The lowest BCUT2D eigenvalue weighted by Crippen LogP contribution is -2.33. The molecular weight excluding hydrogens is 345 g/mol. The first-order valence-electron chi connectivity index (χ1n) is 6.05. The van der Waals surface area contributed by atoms with Crippen molar-refractivity contribution in [1.82, 2.24) is 5.32 Å². The smallest absolute Gasteiger partial charge is 0.293 e. The molecule has 1 saturated heterocycles. The van der Waals surface area contributed by atoms with Crippen molar-refractivity contribution >= 4 is 34.0 Å². The largest absolute Gasteiger partial charge is 0.379 e. The maximum atomic E-state index is 11.0. The average Bonchev–Trinajstić information content (AvgIpc) is 2.38. The van der Waals surface area contributed by atoms with Crippen molar-refractivity contribution in [2.24, 2.45) is 5.92 Å². The maximum Gasteiger partial charge on any atom is 0.293 e. The fourth-order valence-electron chi connectivity index (χ4n) is 2.16. The van der Waals surface area contributed by atoms with E-state index >= 15 is 0 Å². The molecule has 1 heterocycles. The summed E-state index contributed by atoms with van der Waals surface area (Å²) in [5.74, 6) is 0.553. The third-order valence-electron chi connectivity index (χ3n) is 3.14. The molecule has 0 spiro atoms. The van der Waals surface area contributed by atoms with Crippen LogP contribution in [0.25, 0.3) is 0 Å². The second-order valence-corrected chi connectivity index (χ2v) is 5.76. The molecule has 18 heavy (non-hydrogen) atoms. The molecule has 0 aromatic heterocycles. The Balaban J connectivity index is 2.01. The third kappa shape index (κ3) is 3.55. The Kier molecular flexibility index (Phi) is 4.76. The topological polar surface area (TPSA) is 67.2 Å². The highest BCUT2D eigenvalue weighted by atomic mass is 127. The summed E-state index contributed by atoms with van der Waals surface area (Å²) in [5.41, 5.74) is 0.775. The molecule has 1 atom stereocenters. The number of nitro benzene ring substituents is 1. The monoisotopic (exact) mass is 361 g/mol. The lowest BCUT2D eigenvalue weighted by molar-refractivity contribution is -0.384. The zero-order chi connectivity index (χ0) is 13.0. The van der Waals surface area contributed by atoms with Gasteiger partial charge in [0.2, 0.25) is 0 Å². The molecular formula is C12H16IN3O2. The van der Waals surface area contributed by atoms with E-state index in [1.807, 2.05) is 6.07 Å². The second-order valence-electron chi connectivity index (χ2n) is 4.51. The molecule has 1 aromatic carbocycles. The molecule has 5 nitrogen and oxygen atoms in total. The number of piperidine rings is 1. The van der Waals surface area contributed by atoms with Crippen LogP contribution in [0.5, 0.6) is 0 Å². The highest BCUT2D eigenvalue weighted by Gasteiger charge is 2.17. The highest BCUT2D eigenvalue weighted by molar-refractivity contribution is 14.1. The van der Waals surface area contributed by atoms with Gasteiger partial charge in [-0.1, -0.05) is 0 Å². The summed E-state index contributed by atoms with van der Waals surface area (Å²) in [4.78, 5) is 10.6. The fourth-order valence-corrected chi connectivity index (χ4v) is 2.63. The van der Waals surface area contributed by atoms with Crippen LogP contribution < -0.4 is 10.6 Å². The molecule has 6 heteroatoms. The molecule has 0 aliphatic carbocycles. The second kappa shape index (κ2) is 6.33. The minimum absolute atomic E-state index is 0.158. The Morgan fingerprint density at radius 3 is 3.06 bits per heavy atom. The number of hydrogen-bond donors (Lipinski definition) is 2. The van der Waals surface area contributed by atoms with E-state index in [9.17, 15) is 10.1 Å². The van der Waals surface area contributed by atoms with Gasteiger partial charge in [0.15, 0.2) is 0 Å². The van der Waals surface area contributed by atoms with E-state index in [1.165, 1.54) is 12.8 Å². The fraction of sp³-hybridized carbons (Fsp3) is 0.500. The van der Waals surface area contributed by atoms with Crippen molar-refractivity contribution < 1.29 is 4.92 Å². The highest BCUT2D eigenvalue weighted by Crippen LogP contribution is 2.26. The van der Waals surface area contributed by atoms with Crippen molar-refractivity contribution in [3.63, 3.8) is 0 Å². The van der Waals surface area contributed by atoms with Crippen LogP contribution in [0, 0.1) is 19.6 Å². The van der Waals surface area contributed by atoms with Crippen molar-refractivity contribution in [3.8, 4) is 0 Å². The van der Waals surface area contributed by atoms with Gasteiger partial charge in [0.25, 0.3) is 5.69 Å². The summed E-state index contributed by atoms with van der Waals surface area (Å²) in [7, 11) is 0. The van der Waals surface area contributed by atoms with E-state index in [-0.39, 0.29) is 10.6 Å². The standard InChI is InChI=1S/C12H16IN3O2/c13-10-3-4-11(12(6-10)16(17)18)15-8-9-2-1-5-14-7-9/h3-4,6,9,14-15H,1-2,5,7-8H2. The number of anilines is 1. The lowest BCUT2D eigenvalue weighted by Gasteiger charge is -2.23. The van der Waals surface area contributed by atoms with E-state index in [2.05, 4.69) is 33.2 Å². The molecule has 1 unspecified atom stereocenters. The first-order chi connectivity index (χ1) is 8.66. The summed E-state index contributed by atoms with van der Waals surface area (Å²) >= 11 is 2.08. The van der Waals surface area contributed by atoms with E-state index in [0.29, 0.717) is 11.6 Å². The van der Waals surface area contributed by atoms with Crippen LogP contribution in [0.2, 0.25) is 0 Å². The maximum absolute atomic E-state index is 11.0. The minimum Gasteiger partial charge on any atom is -0.379 e. The molecule has 1 fully saturated rings. The first-order valence-corrected chi connectivity index (χ1v) is 7.13. The average molecular weight is 361 g/mol. The van der Waals surface area contributed by atoms with Gasteiger partial charge in [0.1, 0.15) is 5.69 Å². The van der Waals surface area contributed by atoms with Gasteiger partial charge in [-0.25, -0.2) is 0 Å². The van der Waals surface area contributed by atoms with Crippen LogP contribution in [-0.4, -0.2) is 24.6 Å². The molecule has 2 rings (SSSR count). The van der Waals surface area contributed by atoms with Crippen molar-refractivity contribution in [2.45, 2.75) is 12.8 Å². The summed E-state index contributed by atoms with van der Waals surface area (Å²) in [6, 6.07) is 5.27. The summed E-state index contributed by atoms with van der Waals surface area (Å²) in [5, 5.41) is 17.5. The lowest BCUT2D eigenvalue weighted by atomic mass is 10.00. The molecule has 0 saturated carbocycles. The Morgan fingerprint density at radius 2 is 2.39 bits per heavy atom. The van der Waals surface area contributed by atoms with Crippen LogP contribution in [0.3, 0.4) is 0 Å². The Labute approximate surface area is 120 Å². The number of benzene rings is 1. The normalized spacial score (nSPS) is 19.5. The van der Waals surface area contributed by atoms with Gasteiger partial charge in [-0.2, -0.15) is 0 Å². The van der Waals surface area contributed by atoms with Crippen LogP contribution in [0.1, 0.15) is 12.8 Å². The van der Waals surface area contributed by atoms with Gasteiger partial charge >= 0.3 is 0 Å². The van der Waals surface area contributed by atoms with Crippen molar-refractivity contribution in [2.75, 3.05) is 25.0 Å². The Morgan fingerprint density at radius 1 is 1.56 bits per heavy atom. The van der Waals surface area contributed by atoms with Gasteiger partial charge in [-0.3, -0.25) is 10.1 Å². The molecule has 1 aromatic rings. The van der Waals surface area contributed by atoms with Gasteiger partial charge in [-0.05, 0) is 66.6 Å². The van der Waals surface area contributed by atoms with Crippen LogP contribution in [-0.2, 0) is 0 Å². The molecule has 0 bridgehead atoms. The third-order valence-corrected chi connectivity index (χ3v) is 3.81. The molecule has 0 amide bonds. The Bertz CT molecular complexity index is 433. The van der Waals surface area contributed by atoms with E-state index in [1.54, 1.807) is 12.1 Å². The summed E-state index contributed by atoms with van der Waals surface area (Å²) in [6.07, 6.45) is 2.36. The van der Waals surface area contributed by atoms with Crippen molar-refractivity contribution in [3.05, 3.63) is 31.9 Å². The van der Waals surface area contributed by atoms with Crippen LogP contribution in [0.15, 0.2) is 18.2 Å². The summed E-state index contributed by atoms with van der Waals surface area (Å²) in [6.45, 7) is 2.86. The van der Waals surface area contributed by atoms with Gasteiger partial charge in [-0.15, -0.1) is 0 Å². The number of rotatable bonds is 4. The number of halogens is 1. The SMILES string of the molecule is O=[N+]([O-])c1cc(I)ccc1NCC1CCCNC1. The first kappa shape index (κ1) is 13.5. The molecule has 1 aliphatic heterocycles. The van der Waals surface area contributed by atoms with Crippen LogP contribution >= 0.6 is 22.6 Å². The summed E-state index contributed by atoms with van der Waals surface area (Å²) < 4.78 is 0.879. The zero-order valence-corrected chi connectivity index (χ0v) is 12.1. The quantitative estimate of drug-likeness (QED) is 0.492. The minimum atomic E-state index is -0.330. The predicted molar refractivity (Wildman–Crippen MR) is 79.9 cm³/mol. The Hall–Kier alpha value is -0.890. The number of nitrogens with zero attached hydrogens (tertiary/aromatic N) is 1. The van der Waals surface area contributed by atoms with E-state index in [0.717, 1.165) is 23.2 Å². The molecule has 2 N–H and O–H groups in total. The van der Waals surface area contributed by atoms with Gasteiger partial charge < -0.3 is 10.6 Å². The predicted octanol–water partition coefficient (Wildman–Crippen LogP) is 2.61. The molecule has 1 aliphatic rings. The molecule has 0 radical (unpaired) electrons. The molecule has 98 valence electrons. The number of nitro groups is 1. The van der Waals surface area contributed by atoms with Crippen LogP contribution in [0.4, 0.5) is 11.4 Å². The van der Waals surface area contributed by atoms with Gasteiger partial charge in [0.05, 0.1) is 4.92 Å².